The van der Waals surface area contributed by atoms with Gasteiger partial charge in [-0.2, -0.15) is 4.58 Å². The third-order valence-electron chi connectivity index (χ3n) is 7.90. The summed E-state index contributed by atoms with van der Waals surface area (Å²) in [5.74, 6) is -3.46. The van der Waals surface area contributed by atoms with Crippen LogP contribution in [0.2, 0.25) is 0 Å². The Bertz CT molecular complexity index is 1840. The lowest BCUT2D eigenvalue weighted by Gasteiger charge is -2.31. The predicted octanol–water partition coefficient (Wildman–Crippen LogP) is 4.47. The molecule has 4 heterocycles. The van der Waals surface area contributed by atoms with Gasteiger partial charge in [0.25, 0.3) is 6.17 Å². The fourth-order valence-corrected chi connectivity index (χ4v) is 6.93. The first-order valence-corrected chi connectivity index (χ1v) is 15.7. The van der Waals surface area contributed by atoms with Crippen LogP contribution in [-0.4, -0.2) is 70.5 Å². The molecule has 0 radical (unpaired) electrons. The standard InChI is InChI=1S/C32H31F2N3O8S/c1-4-43-26(39)14-32(2,3)45-31(41)44-29-23(38)13-22(37-28(29)30(40)36-9-10-42-15-25(36)35-37)19-12-21(33)27(34)20-16-46-24-8-6-5-7-17(24)11-18(19)20/h5-8,12-13,25,35H,4,9-11,14-16H2,1-3H3/p+1/t25-/m0/s1. The molecule has 3 aliphatic heterocycles. The largest absolute Gasteiger partial charge is 0.514 e. The highest BCUT2D eigenvalue weighted by Gasteiger charge is 2.42. The van der Waals surface area contributed by atoms with E-state index in [1.54, 1.807) is 11.5 Å². The Hall–Kier alpha value is -4.43. The Morgan fingerprint density at radius 2 is 2.00 bits per heavy atom. The van der Waals surface area contributed by atoms with Gasteiger partial charge in [-0.05, 0) is 50.5 Å². The van der Waals surface area contributed by atoms with Crippen LogP contribution in [0.3, 0.4) is 0 Å². The van der Waals surface area contributed by atoms with Crippen LogP contribution in [0.5, 0.6) is 5.75 Å². The van der Waals surface area contributed by atoms with Gasteiger partial charge in [0.2, 0.25) is 16.9 Å². The number of pyridine rings is 1. The minimum atomic E-state index is -1.35. The number of nitrogens with one attached hydrogen (secondary N) is 1. The van der Waals surface area contributed by atoms with E-state index in [1.165, 1.54) is 30.3 Å². The van der Waals surface area contributed by atoms with Crippen molar-refractivity contribution in [2.24, 2.45) is 0 Å². The number of nitrogens with zero attached hydrogens (tertiary/aromatic N) is 2. The van der Waals surface area contributed by atoms with Crippen LogP contribution in [0.4, 0.5) is 13.6 Å². The number of morpholine rings is 1. The van der Waals surface area contributed by atoms with Crippen LogP contribution < -0.4 is 15.6 Å². The highest BCUT2D eigenvalue weighted by molar-refractivity contribution is 7.98. The van der Waals surface area contributed by atoms with Crippen LogP contribution in [0.1, 0.15) is 49.6 Å². The molecule has 6 rings (SSSR count). The monoisotopic (exact) mass is 656 g/mol. The molecule has 46 heavy (non-hydrogen) atoms. The number of hydrogen-bond donors (Lipinski definition) is 2. The number of ether oxygens (including phenoxy) is 4. The first kappa shape index (κ1) is 31.5. The third kappa shape index (κ3) is 5.94. The zero-order chi connectivity index (χ0) is 32.7. The van der Waals surface area contributed by atoms with Crippen molar-refractivity contribution in [1.82, 2.24) is 4.68 Å². The van der Waals surface area contributed by atoms with Crippen molar-refractivity contribution >= 4 is 29.8 Å². The molecule has 3 aromatic rings. The van der Waals surface area contributed by atoms with Crippen molar-refractivity contribution in [3.8, 4) is 17.0 Å². The van der Waals surface area contributed by atoms with Crippen LogP contribution in [0.15, 0.2) is 46.1 Å². The van der Waals surface area contributed by atoms with Crippen molar-refractivity contribution in [2.45, 2.75) is 56.0 Å². The van der Waals surface area contributed by atoms with Gasteiger partial charge in [0, 0.05) is 27.8 Å². The molecule has 1 aromatic heterocycles. The number of hydrogen-bond acceptors (Lipinski definition) is 9. The van der Waals surface area contributed by atoms with Gasteiger partial charge in [-0.1, -0.05) is 18.2 Å². The maximum atomic E-state index is 15.3. The molecule has 14 heteroatoms. The maximum absolute atomic E-state index is 15.3. The van der Waals surface area contributed by atoms with Gasteiger partial charge in [-0.25, -0.2) is 18.3 Å². The summed E-state index contributed by atoms with van der Waals surface area (Å²) in [5, 5.41) is 11.5. The molecule has 0 unspecified atom stereocenters. The number of fused-ring (bicyclic) bond motifs is 4. The molecule has 2 aromatic carbocycles. The van der Waals surface area contributed by atoms with Crippen molar-refractivity contribution in [3.05, 3.63) is 80.6 Å². The number of carbonyl (C=O) groups is 2. The Morgan fingerprint density at radius 1 is 1.22 bits per heavy atom. The number of esters is 1. The van der Waals surface area contributed by atoms with E-state index < -0.39 is 52.6 Å². The SMILES string of the molecule is CCOC(=O)CC(C)(C)OC(=O)Oc1c2n(c(-c3cc(F)c(F)c4c3Cc3ccccc3SC4)cc1=O)N[C@@H]1COCC[N+]1=C2O. The van der Waals surface area contributed by atoms with Gasteiger partial charge in [0.15, 0.2) is 18.2 Å². The summed E-state index contributed by atoms with van der Waals surface area (Å²) in [6.45, 7) is 5.41. The predicted molar refractivity (Wildman–Crippen MR) is 163 cm³/mol. The number of aliphatic hydroxyl groups excluding tert-OH is 1. The molecule has 1 saturated heterocycles. The number of aromatic nitrogens is 1. The molecular formula is C32H32F2N3O8S+. The van der Waals surface area contributed by atoms with E-state index in [0.29, 0.717) is 5.56 Å². The average Bonchev–Trinajstić information content (AvgIpc) is 3.20. The van der Waals surface area contributed by atoms with E-state index in [1.807, 2.05) is 24.3 Å². The van der Waals surface area contributed by atoms with Crippen molar-refractivity contribution in [3.63, 3.8) is 0 Å². The Labute approximate surface area is 266 Å². The lowest BCUT2D eigenvalue weighted by Crippen LogP contribution is -2.54. The van der Waals surface area contributed by atoms with Crippen LogP contribution in [-0.2, 0) is 31.2 Å². The average molecular weight is 657 g/mol. The van der Waals surface area contributed by atoms with Gasteiger partial charge in [0.05, 0.1) is 18.7 Å². The lowest BCUT2D eigenvalue weighted by molar-refractivity contribution is -0.591. The maximum Gasteiger partial charge on any atom is 0.514 e. The van der Waals surface area contributed by atoms with E-state index in [-0.39, 0.29) is 67.5 Å². The molecule has 0 aliphatic carbocycles. The van der Waals surface area contributed by atoms with E-state index in [0.717, 1.165) is 22.6 Å². The summed E-state index contributed by atoms with van der Waals surface area (Å²) in [5.41, 5.74) is 2.66. The Balaban J connectivity index is 1.49. The molecule has 11 nitrogen and oxygen atoms in total. The summed E-state index contributed by atoms with van der Waals surface area (Å²) >= 11 is 1.39. The second kappa shape index (κ2) is 12.4. The van der Waals surface area contributed by atoms with E-state index in [2.05, 4.69) is 5.43 Å². The highest BCUT2D eigenvalue weighted by atomic mass is 32.2. The summed E-state index contributed by atoms with van der Waals surface area (Å²) < 4.78 is 54.7. The summed E-state index contributed by atoms with van der Waals surface area (Å²) in [7, 11) is 0. The summed E-state index contributed by atoms with van der Waals surface area (Å²) in [6.07, 6.45) is -1.92. The molecule has 3 aliphatic rings. The Kier molecular flexibility index (Phi) is 8.51. The Morgan fingerprint density at radius 3 is 2.78 bits per heavy atom. The number of thioether (sulfide) groups is 1. The van der Waals surface area contributed by atoms with Gasteiger partial charge in [0.1, 0.15) is 18.8 Å². The molecule has 0 bridgehead atoms. The van der Waals surface area contributed by atoms with Crippen LogP contribution >= 0.6 is 11.8 Å². The van der Waals surface area contributed by atoms with E-state index in [4.69, 9.17) is 18.9 Å². The molecule has 242 valence electrons. The first-order valence-electron chi connectivity index (χ1n) is 14.7. The smallest absolute Gasteiger partial charge is 0.466 e. The number of rotatable bonds is 6. The minimum absolute atomic E-state index is 0.111. The number of aliphatic hydroxyl groups is 1. The normalized spacial score (nSPS) is 17.0. The molecule has 2 N–H and O–H groups in total. The van der Waals surface area contributed by atoms with Gasteiger partial charge in [-0.15, -0.1) is 11.8 Å². The quantitative estimate of drug-likeness (QED) is 0.290. The number of carbonyl (C=O) groups excluding carboxylic acids is 2. The molecule has 0 saturated carbocycles. The van der Waals surface area contributed by atoms with Gasteiger partial charge in [-0.3, -0.25) is 15.0 Å². The summed E-state index contributed by atoms with van der Waals surface area (Å²) in [4.78, 5) is 39.7. The molecule has 1 fully saturated rings. The zero-order valence-corrected chi connectivity index (χ0v) is 26.2. The fourth-order valence-electron chi connectivity index (χ4n) is 5.83. The van der Waals surface area contributed by atoms with E-state index >= 15 is 8.78 Å². The molecular weight excluding hydrogens is 624 g/mol. The fraction of sp³-hybridized carbons (Fsp3) is 0.375. The zero-order valence-electron chi connectivity index (χ0n) is 25.4. The second-order valence-electron chi connectivity index (χ2n) is 11.6. The van der Waals surface area contributed by atoms with Crippen molar-refractivity contribution in [2.75, 3.05) is 31.8 Å². The number of halogens is 2. The van der Waals surface area contributed by atoms with Crippen molar-refractivity contribution in [1.29, 1.82) is 0 Å². The van der Waals surface area contributed by atoms with Gasteiger partial charge < -0.3 is 24.1 Å². The van der Waals surface area contributed by atoms with Crippen molar-refractivity contribution < 1.29 is 47.0 Å². The van der Waals surface area contributed by atoms with Gasteiger partial charge >= 0.3 is 18.0 Å². The minimum Gasteiger partial charge on any atom is -0.466 e. The lowest BCUT2D eigenvalue weighted by atomic mass is 9.92. The molecule has 0 spiro atoms. The highest BCUT2D eigenvalue weighted by Crippen LogP contribution is 2.40. The first-order chi connectivity index (χ1) is 22.0. The molecule has 0 amide bonds. The third-order valence-corrected chi connectivity index (χ3v) is 9.05. The molecule has 1 atom stereocenters. The van der Waals surface area contributed by atoms with Crippen LogP contribution in [0.25, 0.3) is 11.3 Å². The van der Waals surface area contributed by atoms with Crippen LogP contribution in [0, 0.1) is 11.6 Å². The summed E-state index contributed by atoms with van der Waals surface area (Å²) in [6, 6.07) is 9.72. The topological polar surface area (TPSA) is 128 Å². The van der Waals surface area contributed by atoms with E-state index in [9.17, 15) is 19.5 Å². The second-order valence-corrected chi connectivity index (χ2v) is 12.6. The number of benzene rings is 2.